The van der Waals surface area contributed by atoms with Crippen molar-refractivity contribution >= 4 is 23.3 Å². The van der Waals surface area contributed by atoms with Gasteiger partial charge < -0.3 is 14.5 Å². The van der Waals surface area contributed by atoms with Crippen LogP contribution in [0.25, 0.3) is 0 Å². The van der Waals surface area contributed by atoms with Crippen molar-refractivity contribution in [2.75, 3.05) is 32.1 Å². The van der Waals surface area contributed by atoms with Crippen LogP contribution in [0.15, 0.2) is 42.5 Å². The van der Waals surface area contributed by atoms with Crippen LogP contribution < -0.4 is 4.90 Å². The molecule has 158 valence electrons. The van der Waals surface area contributed by atoms with Gasteiger partial charge in [0, 0.05) is 50.1 Å². The molecule has 0 spiro atoms. The number of hydrogen-bond acceptors (Lipinski definition) is 6. The molecule has 0 aromatic heterocycles. The molecule has 1 saturated heterocycles. The van der Waals surface area contributed by atoms with Crippen LogP contribution in [0.4, 0.5) is 11.4 Å². The molecular weight excluding hydrogens is 386 g/mol. The Labute approximate surface area is 175 Å². The van der Waals surface area contributed by atoms with Crippen LogP contribution in [0.2, 0.25) is 0 Å². The average molecular weight is 411 g/mol. The molecule has 30 heavy (non-hydrogen) atoms. The van der Waals surface area contributed by atoms with Crippen LogP contribution in [0.5, 0.6) is 0 Å². The summed E-state index contributed by atoms with van der Waals surface area (Å²) in [6, 6.07) is 11.7. The van der Waals surface area contributed by atoms with Crippen molar-refractivity contribution in [1.82, 2.24) is 4.90 Å². The smallest absolute Gasteiger partial charge is 0.338 e. The first-order chi connectivity index (χ1) is 14.4. The van der Waals surface area contributed by atoms with Gasteiger partial charge in [0.2, 0.25) is 0 Å². The number of benzene rings is 2. The van der Waals surface area contributed by atoms with E-state index in [2.05, 4.69) is 21.8 Å². The molecule has 8 nitrogen and oxygen atoms in total. The van der Waals surface area contributed by atoms with Gasteiger partial charge in [-0.1, -0.05) is 12.1 Å². The highest BCUT2D eigenvalue weighted by Gasteiger charge is 2.21. The molecule has 3 rings (SSSR count). The summed E-state index contributed by atoms with van der Waals surface area (Å²) in [5, 5.41) is 11.2. The van der Waals surface area contributed by atoms with Crippen LogP contribution in [0.1, 0.15) is 45.5 Å². The van der Waals surface area contributed by atoms with Crippen LogP contribution in [0, 0.1) is 10.1 Å². The first-order valence-electron chi connectivity index (χ1n) is 9.86. The fraction of sp³-hybridized carbons (Fsp3) is 0.364. The third kappa shape index (κ3) is 4.94. The lowest BCUT2D eigenvalue weighted by Gasteiger charge is -2.29. The van der Waals surface area contributed by atoms with E-state index in [4.69, 9.17) is 0 Å². The Hall–Kier alpha value is -3.42. The van der Waals surface area contributed by atoms with Crippen LogP contribution in [0.3, 0.4) is 0 Å². The lowest BCUT2D eigenvalue weighted by Crippen LogP contribution is -2.29. The fourth-order valence-corrected chi connectivity index (χ4v) is 3.61. The standard InChI is InChI=1S/C22H25N3O5/c1-23(15-16-6-8-19(9-7-16)24-10-4-3-5-11-24)21(26)17-12-18(22(27)30-2)14-20(13-17)25(28)29/h6-9,12-14H,3-5,10-11,15H2,1-2H3. The lowest BCUT2D eigenvalue weighted by atomic mass is 10.1. The summed E-state index contributed by atoms with van der Waals surface area (Å²) in [5.41, 5.74) is 1.82. The number of amides is 1. The van der Waals surface area contributed by atoms with Gasteiger partial charge in [-0.05, 0) is 43.0 Å². The molecule has 0 radical (unpaired) electrons. The lowest BCUT2D eigenvalue weighted by molar-refractivity contribution is -0.384. The molecule has 1 fully saturated rings. The summed E-state index contributed by atoms with van der Waals surface area (Å²) >= 11 is 0. The number of non-ortho nitro benzene ring substituents is 1. The third-order valence-electron chi connectivity index (χ3n) is 5.22. The van der Waals surface area contributed by atoms with Crippen LogP contribution in [-0.4, -0.2) is 48.9 Å². The minimum absolute atomic E-state index is 0.0330. The topological polar surface area (TPSA) is 93.0 Å². The number of carbonyl (C=O) groups excluding carboxylic acids is 2. The van der Waals surface area contributed by atoms with E-state index in [9.17, 15) is 19.7 Å². The van der Waals surface area contributed by atoms with Gasteiger partial charge >= 0.3 is 5.97 Å². The number of methoxy groups -OCH3 is 1. The molecule has 1 aliphatic heterocycles. The summed E-state index contributed by atoms with van der Waals surface area (Å²) in [7, 11) is 2.81. The van der Waals surface area contributed by atoms with Crippen molar-refractivity contribution < 1.29 is 19.2 Å². The van der Waals surface area contributed by atoms with Gasteiger partial charge in [0.25, 0.3) is 11.6 Å². The number of anilines is 1. The molecule has 0 saturated carbocycles. The third-order valence-corrected chi connectivity index (χ3v) is 5.22. The van der Waals surface area contributed by atoms with Gasteiger partial charge in [-0.15, -0.1) is 0 Å². The number of ether oxygens (including phenoxy) is 1. The van der Waals surface area contributed by atoms with Crippen LogP contribution >= 0.6 is 0 Å². The molecule has 1 aliphatic rings. The summed E-state index contributed by atoms with van der Waals surface area (Å²) in [6.45, 7) is 2.47. The Morgan fingerprint density at radius 1 is 1.07 bits per heavy atom. The zero-order chi connectivity index (χ0) is 21.7. The number of carbonyl (C=O) groups is 2. The second-order valence-corrected chi connectivity index (χ2v) is 7.39. The number of nitro groups is 1. The van der Waals surface area contributed by atoms with E-state index < -0.39 is 16.8 Å². The predicted molar refractivity (Wildman–Crippen MR) is 113 cm³/mol. The van der Waals surface area contributed by atoms with Gasteiger partial charge in [0.15, 0.2) is 0 Å². The first-order valence-corrected chi connectivity index (χ1v) is 9.86. The second kappa shape index (κ2) is 9.39. The van der Waals surface area contributed by atoms with Gasteiger partial charge in [-0.3, -0.25) is 14.9 Å². The van der Waals surface area contributed by atoms with Gasteiger partial charge in [-0.25, -0.2) is 4.79 Å². The fourth-order valence-electron chi connectivity index (χ4n) is 3.61. The summed E-state index contributed by atoms with van der Waals surface area (Å²) in [6.07, 6.45) is 3.68. The van der Waals surface area contributed by atoms with Gasteiger partial charge in [-0.2, -0.15) is 0 Å². The van der Waals surface area contributed by atoms with E-state index in [0.717, 1.165) is 24.7 Å². The molecule has 0 atom stereocenters. The van der Waals surface area contributed by atoms with E-state index in [1.807, 2.05) is 12.1 Å². The highest BCUT2D eigenvalue weighted by molar-refractivity contribution is 5.98. The average Bonchev–Trinajstić information content (AvgIpc) is 2.78. The number of hydrogen-bond donors (Lipinski definition) is 0. The normalized spacial score (nSPS) is 13.6. The summed E-state index contributed by atoms with van der Waals surface area (Å²) in [4.78, 5) is 39.0. The van der Waals surface area contributed by atoms with E-state index in [-0.39, 0.29) is 16.8 Å². The van der Waals surface area contributed by atoms with Crippen molar-refractivity contribution in [3.63, 3.8) is 0 Å². The molecule has 0 aliphatic carbocycles. The van der Waals surface area contributed by atoms with Crippen molar-refractivity contribution in [3.8, 4) is 0 Å². The first kappa shape index (κ1) is 21.3. The molecule has 2 aromatic rings. The summed E-state index contributed by atoms with van der Waals surface area (Å²) in [5.74, 6) is -1.15. The van der Waals surface area contributed by atoms with Crippen molar-refractivity contribution in [2.24, 2.45) is 0 Å². The maximum atomic E-state index is 12.8. The molecule has 2 aromatic carbocycles. The van der Waals surface area contributed by atoms with E-state index in [1.54, 1.807) is 7.05 Å². The molecule has 0 bridgehead atoms. The number of nitrogens with zero attached hydrogens (tertiary/aromatic N) is 3. The minimum atomic E-state index is -0.733. The maximum absolute atomic E-state index is 12.8. The Morgan fingerprint density at radius 3 is 2.30 bits per heavy atom. The molecule has 0 N–H and O–H groups in total. The Balaban J connectivity index is 1.74. The van der Waals surface area contributed by atoms with E-state index in [0.29, 0.717) is 6.54 Å². The van der Waals surface area contributed by atoms with Crippen molar-refractivity contribution in [3.05, 3.63) is 69.3 Å². The molecule has 0 unspecified atom stereocenters. The number of rotatable bonds is 6. The van der Waals surface area contributed by atoms with Crippen molar-refractivity contribution in [2.45, 2.75) is 25.8 Å². The Bertz CT molecular complexity index is 936. The Morgan fingerprint density at radius 2 is 1.70 bits per heavy atom. The molecule has 1 heterocycles. The second-order valence-electron chi connectivity index (χ2n) is 7.39. The largest absolute Gasteiger partial charge is 0.465 e. The van der Waals surface area contributed by atoms with Crippen LogP contribution in [-0.2, 0) is 11.3 Å². The van der Waals surface area contributed by atoms with E-state index >= 15 is 0 Å². The predicted octanol–water partition coefficient (Wildman–Crippen LogP) is 3.64. The zero-order valence-corrected chi connectivity index (χ0v) is 17.2. The number of nitro benzene ring substituents is 1. The zero-order valence-electron chi connectivity index (χ0n) is 17.2. The van der Waals surface area contributed by atoms with Gasteiger partial charge in [0.05, 0.1) is 17.6 Å². The monoisotopic (exact) mass is 411 g/mol. The molecule has 1 amide bonds. The van der Waals surface area contributed by atoms with E-state index in [1.165, 1.54) is 49.1 Å². The van der Waals surface area contributed by atoms with Gasteiger partial charge in [0.1, 0.15) is 0 Å². The van der Waals surface area contributed by atoms with Crippen molar-refractivity contribution in [1.29, 1.82) is 0 Å². The molecule has 8 heteroatoms. The Kier molecular flexibility index (Phi) is 6.66. The summed E-state index contributed by atoms with van der Waals surface area (Å²) < 4.78 is 4.63. The minimum Gasteiger partial charge on any atom is -0.465 e. The molecular formula is C22H25N3O5. The highest BCUT2D eigenvalue weighted by Crippen LogP contribution is 2.22. The number of esters is 1. The maximum Gasteiger partial charge on any atom is 0.338 e. The highest BCUT2D eigenvalue weighted by atomic mass is 16.6. The SMILES string of the molecule is COC(=O)c1cc(C(=O)N(C)Cc2ccc(N3CCCCC3)cc2)cc([N+](=O)[O-])c1. The quantitative estimate of drug-likeness (QED) is 0.409. The number of piperidine rings is 1.